The molecule has 6 heteroatoms. The number of aryl methyl sites for hydroxylation is 6. The van der Waals surface area contributed by atoms with E-state index in [4.69, 9.17) is 4.74 Å². The molecule has 0 aliphatic carbocycles. The van der Waals surface area contributed by atoms with Crippen molar-refractivity contribution >= 4 is 54.5 Å². The Morgan fingerprint density at radius 1 is 0.220 bits per heavy atom. The molecule has 0 aliphatic heterocycles. The van der Waals surface area contributed by atoms with Crippen molar-refractivity contribution in [1.82, 2.24) is 0 Å². The topological polar surface area (TPSA) is 9.23 Å². The van der Waals surface area contributed by atoms with Gasteiger partial charge in [-0.05, 0) is 251 Å². The van der Waals surface area contributed by atoms with Crippen LogP contribution in [-0.4, -0.2) is 6.61 Å². The molecule has 0 amide bonds. The fourth-order valence-corrected chi connectivity index (χ4v) is 25.0. The van der Waals surface area contributed by atoms with Crippen LogP contribution in [0, 0.1) is 41.5 Å². The van der Waals surface area contributed by atoms with Crippen LogP contribution in [0.3, 0.4) is 0 Å². The number of rotatable bonds is 19. The van der Waals surface area contributed by atoms with Gasteiger partial charge in [0.25, 0.3) is 0 Å². The maximum absolute atomic E-state index is 5.80. The lowest BCUT2D eigenvalue weighted by Gasteiger charge is -2.21. The highest BCUT2D eigenvalue weighted by Crippen LogP contribution is 2.41. The van der Waals surface area contributed by atoms with Crippen LogP contribution in [0.25, 0.3) is 0 Å². The third-order valence-electron chi connectivity index (χ3n) is 20.2. The van der Waals surface area contributed by atoms with Crippen molar-refractivity contribution in [2.45, 2.75) is 213 Å². The smallest absolute Gasteiger partial charge is 0.172 e. The number of unbranched alkanes of at least 4 members (excludes halogenated alkanes) is 1. The number of hydrogen-bond acceptors (Lipinski definition) is 1. The van der Waals surface area contributed by atoms with Crippen LogP contribution in [0.2, 0.25) is 0 Å². The summed E-state index contributed by atoms with van der Waals surface area (Å²) in [6.07, 6.45) is 2.25. The highest BCUT2D eigenvalue weighted by molar-refractivity contribution is 7.98. The molecule has 0 fully saturated rings. The normalized spacial score (nSPS) is 11.4. The molecular formula is C112H119OS5+5. The molecule has 0 spiro atoms. The van der Waals surface area contributed by atoms with E-state index in [1.807, 2.05) is 0 Å². The Hall–Kier alpha value is -10.2. The second kappa shape index (κ2) is 43.0. The highest BCUT2D eigenvalue weighted by atomic mass is 32.2. The van der Waals surface area contributed by atoms with Gasteiger partial charge in [-0.25, -0.2) is 0 Å². The number of ether oxygens (including phenoxy) is 1. The Bertz CT molecular complexity index is 5160. The summed E-state index contributed by atoms with van der Waals surface area (Å²) in [5, 5.41) is 0. The van der Waals surface area contributed by atoms with Crippen molar-refractivity contribution in [3.05, 3.63) is 444 Å². The summed E-state index contributed by atoms with van der Waals surface area (Å²) in [5.41, 5.74) is 12.8. The molecule has 118 heavy (non-hydrogen) atoms. The minimum absolute atomic E-state index is 0.0262. The Kier molecular flexibility index (Phi) is 32.3. The second-order valence-electron chi connectivity index (χ2n) is 32.8. The van der Waals surface area contributed by atoms with E-state index in [9.17, 15) is 0 Å². The van der Waals surface area contributed by atoms with Gasteiger partial charge in [0.05, 0.1) is 61.1 Å². The molecule has 0 saturated heterocycles. The van der Waals surface area contributed by atoms with E-state index in [-0.39, 0.29) is 70.7 Å². The zero-order chi connectivity index (χ0) is 83.6. The van der Waals surface area contributed by atoms with E-state index in [2.05, 4.69) is 505 Å². The van der Waals surface area contributed by atoms with Crippen molar-refractivity contribution < 1.29 is 4.74 Å². The van der Waals surface area contributed by atoms with Gasteiger partial charge in [-0.1, -0.05) is 311 Å². The van der Waals surface area contributed by atoms with Crippen LogP contribution in [0.4, 0.5) is 0 Å². The van der Waals surface area contributed by atoms with Gasteiger partial charge in [-0.2, -0.15) is 0 Å². The van der Waals surface area contributed by atoms with Crippen LogP contribution in [-0.2, 0) is 70.7 Å². The summed E-state index contributed by atoms with van der Waals surface area (Å²) in [6.45, 7) is 36.7. The predicted octanol–water partition coefficient (Wildman–Crippen LogP) is 30.8. The van der Waals surface area contributed by atoms with Gasteiger partial charge in [0.1, 0.15) is 5.75 Å². The average Bonchev–Trinajstić information content (AvgIpc) is 0.791. The summed E-state index contributed by atoms with van der Waals surface area (Å²) in [5.74, 6) is 0.955. The van der Waals surface area contributed by atoms with E-state index in [0.29, 0.717) is 0 Å². The lowest BCUT2D eigenvalue weighted by molar-refractivity contribution is 0.309. The van der Waals surface area contributed by atoms with E-state index in [1.54, 1.807) is 0 Å². The second-order valence-corrected chi connectivity index (χ2v) is 42.8. The molecule has 0 atom stereocenters. The van der Waals surface area contributed by atoms with E-state index >= 15 is 0 Å². The molecule has 0 N–H and O–H groups in total. The zero-order valence-electron chi connectivity index (χ0n) is 72.1. The van der Waals surface area contributed by atoms with Gasteiger partial charge >= 0.3 is 0 Å². The zero-order valence-corrected chi connectivity index (χ0v) is 76.2. The molecule has 0 bridgehead atoms. The minimum Gasteiger partial charge on any atom is -0.494 e. The van der Waals surface area contributed by atoms with Crippen LogP contribution < -0.4 is 4.74 Å². The monoisotopic (exact) mass is 1640 g/mol. The molecule has 0 radical (unpaired) electrons. The molecule has 15 aromatic carbocycles. The standard InChI is InChI=1S/C30H39S.C22H23OS.C21H21S.C20H19S.C19H17S/c1-28(2,3)22-10-16-25(17-11-22)31(26-18-12-23(13-19-26)29(4,5)6)27-20-14-24(15-21-27)30(7,8)9;1-2-3-18-23-19-14-16-22(17-15-19)24(20-10-6-4-7-11-20)21-12-8-5-9-13-21;1-16-14-17(2)21(18(3)15-16)22(19-10-6-4-7-11-19)20-12-8-5-9-13-20;1-16-13-14-20(17(2)15-16)21(18-9-5-3-6-10-18)19-11-7-4-8-12-19;1-16-10-8-9-15-19(16)20(17-11-4-2-5-12-17)18-13-6-3-7-14-18/h10-21H,1-9H3;4-17H,2-3,18H2,1H3;4-15H,1-3H3;3-15H,1-2H3;2-15H,1H3/q5*+1. The van der Waals surface area contributed by atoms with Crippen molar-refractivity contribution in [1.29, 1.82) is 0 Å². The largest absolute Gasteiger partial charge is 0.494 e. The quantitative estimate of drug-likeness (QED) is 0.0579. The Balaban J connectivity index is 0.000000146. The SMILES string of the molecule is CC(C)(C)c1ccc([S+](c2ccc(C(C)(C)C)cc2)c2ccc(C(C)(C)C)cc2)cc1.CCCCOc1ccc([S+](c2ccccc2)c2ccccc2)cc1.Cc1cc(C)c([S+](c2ccccc2)c2ccccc2)c(C)c1.Cc1ccc([S+](c2ccccc2)c2ccccc2)c(C)c1.Cc1ccccc1[S+](c1ccccc1)c1ccccc1. The maximum Gasteiger partial charge on any atom is 0.172 e. The fourth-order valence-electron chi connectivity index (χ4n) is 14.0. The Labute approximate surface area is 723 Å². The van der Waals surface area contributed by atoms with Gasteiger partial charge in [-0.3, -0.25) is 0 Å². The van der Waals surface area contributed by atoms with Gasteiger partial charge in [0, 0.05) is 22.3 Å². The average molecular weight is 1640 g/mol. The van der Waals surface area contributed by atoms with Crippen LogP contribution in [0.5, 0.6) is 5.75 Å². The Morgan fingerprint density at radius 3 is 0.746 bits per heavy atom. The van der Waals surface area contributed by atoms with Gasteiger partial charge in [0.2, 0.25) is 0 Å². The van der Waals surface area contributed by atoms with Crippen LogP contribution in [0.15, 0.2) is 468 Å². The first kappa shape index (κ1) is 88.7. The Morgan fingerprint density at radius 2 is 0.466 bits per heavy atom. The molecule has 0 saturated carbocycles. The fraction of sp³-hybridized carbons (Fsp3) is 0.196. The molecule has 0 unspecified atom stereocenters. The van der Waals surface area contributed by atoms with Crippen molar-refractivity contribution in [3.63, 3.8) is 0 Å². The summed E-state index contributed by atoms with van der Waals surface area (Å²) in [6, 6.07) is 143. The molecule has 15 aromatic rings. The summed E-state index contributed by atoms with van der Waals surface area (Å²) >= 11 is 0. The van der Waals surface area contributed by atoms with Gasteiger partial charge < -0.3 is 4.74 Å². The summed E-state index contributed by atoms with van der Waals surface area (Å²) in [4.78, 5) is 20.6. The first-order valence-electron chi connectivity index (χ1n) is 41.3. The summed E-state index contributed by atoms with van der Waals surface area (Å²) < 4.78 is 5.80. The summed E-state index contributed by atoms with van der Waals surface area (Å²) in [7, 11) is -0.312. The third-order valence-corrected chi connectivity index (χ3v) is 32.0. The molecule has 1 nitrogen and oxygen atoms in total. The predicted molar refractivity (Wildman–Crippen MR) is 512 cm³/mol. The van der Waals surface area contributed by atoms with Crippen LogP contribution in [0.1, 0.15) is 132 Å². The molecule has 0 aliphatic rings. The third kappa shape index (κ3) is 24.7. The van der Waals surface area contributed by atoms with Crippen LogP contribution >= 0.6 is 0 Å². The lowest BCUT2D eigenvalue weighted by atomic mass is 9.87. The maximum atomic E-state index is 5.80. The highest BCUT2D eigenvalue weighted by Gasteiger charge is 2.36. The van der Waals surface area contributed by atoms with Gasteiger partial charge in [-0.15, -0.1) is 0 Å². The molecule has 0 aromatic heterocycles. The molecule has 598 valence electrons. The first-order chi connectivity index (χ1) is 56.9. The van der Waals surface area contributed by atoms with E-state index < -0.39 is 0 Å². The van der Waals surface area contributed by atoms with Crippen molar-refractivity contribution in [2.75, 3.05) is 6.61 Å². The van der Waals surface area contributed by atoms with Crippen molar-refractivity contribution in [2.24, 2.45) is 0 Å². The van der Waals surface area contributed by atoms with E-state index in [1.165, 1.54) is 124 Å². The lowest BCUT2D eigenvalue weighted by Crippen LogP contribution is -2.13. The molecular weight excluding hydrogens is 1520 g/mol. The molecule has 0 heterocycles. The molecule has 15 rings (SSSR count). The number of hydrogen-bond donors (Lipinski definition) is 0. The van der Waals surface area contributed by atoms with Gasteiger partial charge in [0.15, 0.2) is 73.4 Å². The number of benzene rings is 15. The first-order valence-corrected chi connectivity index (χ1v) is 47.4. The van der Waals surface area contributed by atoms with E-state index in [0.717, 1.165) is 25.2 Å². The van der Waals surface area contributed by atoms with Crippen molar-refractivity contribution in [3.8, 4) is 5.75 Å². The minimum atomic E-state index is -0.120.